The van der Waals surface area contributed by atoms with Gasteiger partial charge in [-0.25, -0.2) is 0 Å². The van der Waals surface area contributed by atoms with Gasteiger partial charge in [-0.2, -0.15) is 0 Å². The number of ether oxygens (including phenoxy) is 1. The molecule has 1 aliphatic rings. The fourth-order valence-electron chi connectivity index (χ4n) is 4.20. The molecular formula is C30H25NO2. The lowest BCUT2D eigenvalue weighted by Gasteiger charge is -2.30. The van der Waals surface area contributed by atoms with Crippen LogP contribution in [0.1, 0.15) is 33.2 Å². The monoisotopic (exact) mass is 431 g/mol. The topological polar surface area (TPSA) is 29.5 Å². The average molecular weight is 432 g/mol. The van der Waals surface area contributed by atoms with Gasteiger partial charge < -0.3 is 9.64 Å². The zero-order chi connectivity index (χ0) is 22.5. The highest BCUT2D eigenvalue weighted by atomic mass is 16.5. The summed E-state index contributed by atoms with van der Waals surface area (Å²) in [6.45, 7) is 1.38. The van der Waals surface area contributed by atoms with E-state index in [0.29, 0.717) is 30.0 Å². The van der Waals surface area contributed by atoms with E-state index in [4.69, 9.17) is 4.74 Å². The molecule has 0 amide bonds. The number of hydrogen-bond donors (Lipinski definition) is 0. The van der Waals surface area contributed by atoms with E-state index in [1.807, 2.05) is 97.2 Å². The molecule has 0 radical (unpaired) electrons. The quantitative estimate of drug-likeness (QED) is 0.323. The van der Waals surface area contributed by atoms with Crippen molar-refractivity contribution in [1.29, 1.82) is 0 Å². The van der Waals surface area contributed by atoms with E-state index in [0.717, 1.165) is 5.56 Å². The molecule has 0 saturated carbocycles. The second kappa shape index (κ2) is 9.58. The third-order valence-electron chi connectivity index (χ3n) is 5.80. The van der Waals surface area contributed by atoms with Crippen molar-refractivity contribution in [2.75, 3.05) is 0 Å². The Balaban J connectivity index is 1.57. The first kappa shape index (κ1) is 20.8. The molecule has 0 aliphatic carbocycles. The molecule has 0 bridgehead atoms. The molecule has 5 rings (SSSR count). The number of benzene rings is 4. The Hall–Kier alpha value is -4.11. The zero-order valence-corrected chi connectivity index (χ0v) is 18.3. The molecule has 33 heavy (non-hydrogen) atoms. The summed E-state index contributed by atoms with van der Waals surface area (Å²) in [5.41, 5.74) is 4.59. The second-order valence-electron chi connectivity index (χ2n) is 8.19. The van der Waals surface area contributed by atoms with Gasteiger partial charge >= 0.3 is 0 Å². The van der Waals surface area contributed by atoms with Gasteiger partial charge in [0.2, 0.25) is 0 Å². The Morgan fingerprint density at radius 3 is 1.79 bits per heavy atom. The van der Waals surface area contributed by atoms with E-state index >= 15 is 0 Å². The summed E-state index contributed by atoms with van der Waals surface area (Å²) in [5, 5.41) is 0. The fraction of sp³-hybridized carbons (Fsp3) is 0.100. The summed E-state index contributed by atoms with van der Waals surface area (Å²) < 4.78 is 6.39. The number of carbonyl (C=O) groups is 1. The van der Waals surface area contributed by atoms with Crippen molar-refractivity contribution < 1.29 is 9.53 Å². The largest absolute Gasteiger partial charge is 0.480 e. The SMILES string of the molecule is O=C1/C(=C\N(Cc2ccccc2)Cc2ccccc2)C(c2ccccc2)Oc2ccccc21. The molecule has 1 unspecified atom stereocenters. The summed E-state index contributed by atoms with van der Waals surface area (Å²) in [6.07, 6.45) is 1.54. The van der Waals surface area contributed by atoms with Gasteiger partial charge in [0.05, 0.1) is 11.1 Å². The van der Waals surface area contributed by atoms with Crippen LogP contribution in [0.4, 0.5) is 0 Å². The van der Waals surface area contributed by atoms with Crippen LogP contribution in [0.15, 0.2) is 127 Å². The molecule has 0 N–H and O–H groups in total. The van der Waals surface area contributed by atoms with E-state index in [-0.39, 0.29) is 5.78 Å². The Kier molecular flexibility index (Phi) is 6.03. The van der Waals surface area contributed by atoms with Crippen LogP contribution in [-0.2, 0) is 13.1 Å². The lowest BCUT2D eigenvalue weighted by molar-refractivity contribution is 0.0955. The van der Waals surface area contributed by atoms with Crippen LogP contribution in [0.25, 0.3) is 0 Å². The van der Waals surface area contributed by atoms with Gasteiger partial charge in [-0.3, -0.25) is 4.79 Å². The molecule has 0 fully saturated rings. The van der Waals surface area contributed by atoms with Gasteiger partial charge in [0.25, 0.3) is 0 Å². The van der Waals surface area contributed by atoms with Crippen molar-refractivity contribution in [2.45, 2.75) is 19.2 Å². The molecule has 4 aromatic carbocycles. The number of carbonyl (C=O) groups excluding carboxylic acids is 1. The smallest absolute Gasteiger partial charge is 0.198 e. The van der Waals surface area contributed by atoms with Crippen LogP contribution in [0, 0.1) is 0 Å². The molecule has 0 spiro atoms. The maximum absolute atomic E-state index is 13.7. The third-order valence-corrected chi connectivity index (χ3v) is 5.80. The molecule has 3 heteroatoms. The Morgan fingerprint density at radius 1 is 0.667 bits per heavy atom. The molecular weight excluding hydrogens is 406 g/mol. The number of ketones is 1. The van der Waals surface area contributed by atoms with E-state index in [2.05, 4.69) is 29.2 Å². The number of rotatable bonds is 6. The van der Waals surface area contributed by atoms with E-state index in [9.17, 15) is 4.79 Å². The summed E-state index contributed by atoms with van der Waals surface area (Å²) in [5.74, 6) is 0.642. The number of fused-ring (bicyclic) bond motifs is 1. The Labute approximate surface area is 194 Å². The van der Waals surface area contributed by atoms with Crippen LogP contribution < -0.4 is 4.74 Å². The van der Waals surface area contributed by atoms with E-state index in [1.165, 1.54) is 11.1 Å². The number of para-hydroxylation sites is 1. The number of Topliss-reactive ketones (excluding diaryl/α,β-unsaturated/α-hetero) is 1. The summed E-state index contributed by atoms with van der Waals surface area (Å²) in [6, 6.07) is 38.1. The third kappa shape index (κ3) is 4.73. The second-order valence-corrected chi connectivity index (χ2v) is 8.19. The van der Waals surface area contributed by atoms with Gasteiger partial charge in [0, 0.05) is 19.3 Å². The van der Waals surface area contributed by atoms with Crippen molar-refractivity contribution in [1.82, 2.24) is 4.90 Å². The predicted molar refractivity (Wildman–Crippen MR) is 131 cm³/mol. The molecule has 1 atom stereocenters. The first-order valence-electron chi connectivity index (χ1n) is 11.2. The number of hydrogen-bond acceptors (Lipinski definition) is 3. The van der Waals surface area contributed by atoms with Crippen molar-refractivity contribution in [3.05, 3.63) is 149 Å². The van der Waals surface area contributed by atoms with Gasteiger partial charge in [0.15, 0.2) is 11.9 Å². The predicted octanol–water partition coefficient (Wildman–Crippen LogP) is 6.59. The van der Waals surface area contributed by atoms with Crippen LogP contribution in [0.3, 0.4) is 0 Å². The molecule has 0 saturated heterocycles. The maximum atomic E-state index is 13.7. The first-order chi connectivity index (χ1) is 16.3. The van der Waals surface area contributed by atoms with Crippen LogP contribution >= 0.6 is 0 Å². The minimum absolute atomic E-state index is 0.0110. The number of nitrogens with zero attached hydrogens (tertiary/aromatic N) is 1. The van der Waals surface area contributed by atoms with E-state index < -0.39 is 6.10 Å². The molecule has 1 aliphatic heterocycles. The van der Waals surface area contributed by atoms with Gasteiger partial charge in [0.1, 0.15) is 5.75 Å². The zero-order valence-electron chi connectivity index (χ0n) is 18.3. The molecule has 0 aromatic heterocycles. The first-order valence-corrected chi connectivity index (χ1v) is 11.2. The van der Waals surface area contributed by atoms with Crippen molar-refractivity contribution in [2.24, 2.45) is 0 Å². The lowest BCUT2D eigenvalue weighted by atomic mass is 9.91. The van der Waals surface area contributed by atoms with Crippen LogP contribution in [-0.4, -0.2) is 10.7 Å². The molecule has 3 nitrogen and oxygen atoms in total. The lowest BCUT2D eigenvalue weighted by Crippen LogP contribution is -2.27. The van der Waals surface area contributed by atoms with Gasteiger partial charge in [-0.1, -0.05) is 103 Å². The summed E-state index contributed by atoms with van der Waals surface area (Å²) >= 11 is 0. The fourth-order valence-corrected chi connectivity index (χ4v) is 4.20. The van der Waals surface area contributed by atoms with Crippen molar-refractivity contribution >= 4 is 5.78 Å². The minimum atomic E-state index is -0.456. The highest BCUT2D eigenvalue weighted by Crippen LogP contribution is 2.38. The standard InChI is InChI=1S/C30H25NO2/c32-29-26-18-10-11-19-28(26)33-30(25-16-8-3-9-17-25)27(29)22-31(20-23-12-4-1-5-13-23)21-24-14-6-2-7-15-24/h1-19,22,30H,20-21H2/b27-22+. The molecule has 4 aromatic rings. The van der Waals surface area contributed by atoms with Crippen molar-refractivity contribution in [3.63, 3.8) is 0 Å². The Bertz CT molecular complexity index is 1210. The molecule has 162 valence electrons. The highest BCUT2D eigenvalue weighted by Gasteiger charge is 2.33. The highest BCUT2D eigenvalue weighted by molar-refractivity contribution is 6.12. The van der Waals surface area contributed by atoms with Crippen LogP contribution in [0.2, 0.25) is 0 Å². The molecule has 1 heterocycles. The van der Waals surface area contributed by atoms with Gasteiger partial charge in [-0.15, -0.1) is 0 Å². The maximum Gasteiger partial charge on any atom is 0.198 e. The normalized spacial score (nSPS) is 16.2. The minimum Gasteiger partial charge on any atom is -0.480 e. The summed E-state index contributed by atoms with van der Waals surface area (Å²) in [4.78, 5) is 15.9. The average Bonchev–Trinajstić information content (AvgIpc) is 2.87. The van der Waals surface area contributed by atoms with Crippen LogP contribution in [0.5, 0.6) is 5.75 Å². The van der Waals surface area contributed by atoms with E-state index in [1.54, 1.807) is 0 Å². The summed E-state index contributed by atoms with van der Waals surface area (Å²) in [7, 11) is 0. The Morgan fingerprint density at radius 2 is 1.18 bits per heavy atom. The van der Waals surface area contributed by atoms with Crippen molar-refractivity contribution in [3.8, 4) is 5.75 Å². The van der Waals surface area contributed by atoms with Gasteiger partial charge in [-0.05, 0) is 28.8 Å².